The van der Waals surface area contributed by atoms with E-state index >= 15 is 0 Å². The lowest BCUT2D eigenvalue weighted by atomic mass is 10.1. The average molecular weight is 329 g/mol. The first-order chi connectivity index (χ1) is 10.8. The van der Waals surface area contributed by atoms with Crippen LogP contribution in [0.2, 0.25) is 5.02 Å². The highest BCUT2D eigenvalue weighted by Gasteiger charge is 2.12. The molecule has 3 nitrogen and oxygen atoms in total. The van der Waals surface area contributed by atoms with E-state index in [1.807, 2.05) is 36.4 Å². The number of fused-ring (bicyclic) bond motifs is 1. The van der Waals surface area contributed by atoms with E-state index in [0.717, 1.165) is 44.8 Å². The summed E-state index contributed by atoms with van der Waals surface area (Å²) in [7, 11) is 0. The molecule has 2 heterocycles. The van der Waals surface area contributed by atoms with Gasteiger partial charge in [0.25, 0.3) is 0 Å². The molecule has 0 atom stereocenters. The summed E-state index contributed by atoms with van der Waals surface area (Å²) in [5.74, 6) is 0.906. The van der Waals surface area contributed by atoms with Crippen molar-refractivity contribution in [2.75, 3.05) is 18.5 Å². The Labute approximate surface area is 137 Å². The summed E-state index contributed by atoms with van der Waals surface area (Å²) in [6.45, 7) is 1.55. The van der Waals surface area contributed by atoms with Gasteiger partial charge in [0.2, 0.25) is 0 Å². The van der Waals surface area contributed by atoms with Crippen LogP contribution in [0.15, 0.2) is 47.8 Å². The molecule has 1 aliphatic rings. The van der Waals surface area contributed by atoms with Crippen LogP contribution < -0.4 is 10.1 Å². The molecule has 0 saturated carbocycles. The average Bonchev–Trinajstić information content (AvgIpc) is 3.05. The lowest BCUT2D eigenvalue weighted by molar-refractivity contribution is 0.323. The summed E-state index contributed by atoms with van der Waals surface area (Å²) < 4.78 is 5.61. The van der Waals surface area contributed by atoms with E-state index in [9.17, 15) is 0 Å². The molecule has 1 aromatic heterocycles. The number of hydrogen-bond acceptors (Lipinski definition) is 4. The van der Waals surface area contributed by atoms with E-state index in [0.29, 0.717) is 6.61 Å². The van der Waals surface area contributed by atoms with Crippen molar-refractivity contribution in [3.8, 4) is 27.6 Å². The molecule has 0 aliphatic carbocycles. The molecule has 4 rings (SSSR count). The molecule has 0 radical (unpaired) electrons. The second kappa shape index (κ2) is 5.63. The Bertz CT molecular complexity index is 814. The number of halogens is 1. The van der Waals surface area contributed by atoms with Crippen molar-refractivity contribution in [3.05, 3.63) is 52.9 Å². The highest BCUT2D eigenvalue weighted by molar-refractivity contribution is 7.13. The summed E-state index contributed by atoms with van der Waals surface area (Å²) in [6.07, 6.45) is 0. The minimum absolute atomic E-state index is 0.712. The zero-order valence-corrected chi connectivity index (χ0v) is 13.2. The zero-order chi connectivity index (χ0) is 14.9. The third-order valence-corrected chi connectivity index (χ3v) is 4.69. The van der Waals surface area contributed by atoms with Crippen LogP contribution in [-0.4, -0.2) is 18.1 Å². The molecule has 0 bridgehead atoms. The Hall–Kier alpha value is -2.04. The summed E-state index contributed by atoms with van der Waals surface area (Å²) in [5, 5.41) is 7.16. The number of aromatic nitrogens is 1. The van der Waals surface area contributed by atoms with Crippen LogP contribution in [0.5, 0.6) is 5.75 Å². The largest absolute Gasteiger partial charge is 0.490 e. The monoisotopic (exact) mass is 328 g/mol. The summed E-state index contributed by atoms with van der Waals surface area (Å²) >= 11 is 7.57. The molecule has 0 spiro atoms. The highest BCUT2D eigenvalue weighted by Crippen LogP contribution is 2.34. The fraction of sp³-hybridized carbons (Fsp3) is 0.118. The third-order valence-electron chi connectivity index (χ3n) is 3.55. The van der Waals surface area contributed by atoms with Gasteiger partial charge in [-0.1, -0.05) is 23.7 Å². The SMILES string of the molecule is Clc1ccc(-c2nc(-c3ccc4c(c3)NCCO4)cs2)cc1. The first-order valence-corrected chi connectivity index (χ1v) is 8.28. The maximum absolute atomic E-state index is 5.93. The van der Waals surface area contributed by atoms with Crippen LogP contribution in [0.3, 0.4) is 0 Å². The van der Waals surface area contributed by atoms with Gasteiger partial charge in [-0.25, -0.2) is 4.98 Å². The van der Waals surface area contributed by atoms with E-state index in [-0.39, 0.29) is 0 Å². The molecule has 5 heteroatoms. The van der Waals surface area contributed by atoms with E-state index in [1.54, 1.807) is 11.3 Å². The van der Waals surface area contributed by atoms with Gasteiger partial charge in [-0.05, 0) is 30.3 Å². The first-order valence-electron chi connectivity index (χ1n) is 7.02. The predicted molar refractivity (Wildman–Crippen MR) is 92.0 cm³/mol. The molecule has 1 aliphatic heterocycles. The molecule has 1 N–H and O–H groups in total. The fourth-order valence-electron chi connectivity index (χ4n) is 2.43. The molecule has 0 saturated heterocycles. The topological polar surface area (TPSA) is 34.2 Å². The second-order valence-electron chi connectivity index (χ2n) is 5.03. The molecule has 0 unspecified atom stereocenters. The molecule has 3 aromatic rings. The smallest absolute Gasteiger partial charge is 0.142 e. The molecule has 0 fully saturated rings. The quantitative estimate of drug-likeness (QED) is 0.724. The number of nitrogens with one attached hydrogen (secondary N) is 1. The van der Waals surface area contributed by atoms with E-state index in [1.165, 1.54) is 0 Å². The van der Waals surface area contributed by atoms with Crippen LogP contribution in [0.1, 0.15) is 0 Å². The number of anilines is 1. The number of thiazole rings is 1. The third kappa shape index (κ3) is 2.56. The van der Waals surface area contributed by atoms with Crippen LogP contribution in [0.25, 0.3) is 21.8 Å². The molecular formula is C17H13ClN2OS. The van der Waals surface area contributed by atoms with Crippen molar-refractivity contribution in [1.82, 2.24) is 4.98 Å². The lowest BCUT2D eigenvalue weighted by Gasteiger charge is -2.19. The van der Waals surface area contributed by atoms with Crippen LogP contribution in [0.4, 0.5) is 5.69 Å². The Balaban J connectivity index is 1.68. The van der Waals surface area contributed by atoms with Gasteiger partial charge < -0.3 is 10.1 Å². The van der Waals surface area contributed by atoms with Gasteiger partial charge in [0.15, 0.2) is 0 Å². The molecule has 110 valence electrons. The first kappa shape index (κ1) is 13.6. The number of nitrogens with zero attached hydrogens (tertiary/aromatic N) is 1. The van der Waals surface area contributed by atoms with E-state index < -0.39 is 0 Å². The fourth-order valence-corrected chi connectivity index (χ4v) is 3.39. The normalized spacial score (nSPS) is 13.1. The van der Waals surface area contributed by atoms with Crippen molar-refractivity contribution in [2.24, 2.45) is 0 Å². The summed E-state index contributed by atoms with van der Waals surface area (Å²) in [6, 6.07) is 13.9. The Morgan fingerprint density at radius 1 is 1.09 bits per heavy atom. The van der Waals surface area contributed by atoms with Gasteiger partial charge in [0, 0.05) is 28.1 Å². The van der Waals surface area contributed by atoms with Gasteiger partial charge in [-0.15, -0.1) is 11.3 Å². The number of ether oxygens (including phenoxy) is 1. The van der Waals surface area contributed by atoms with Crippen molar-refractivity contribution in [2.45, 2.75) is 0 Å². The molecular weight excluding hydrogens is 316 g/mol. The van der Waals surface area contributed by atoms with Crippen LogP contribution in [0, 0.1) is 0 Å². The van der Waals surface area contributed by atoms with E-state index in [4.69, 9.17) is 21.3 Å². The number of benzene rings is 2. The molecule has 2 aromatic carbocycles. The number of rotatable bonds is 2. The van der Waals surface area contributed by atoms with Crippen molar-refractivity contribution in [3.63, 3.8) is 0 Å². The maximum atomic E-state index is 5.93. The van der Waals surface area contributed by atoms with Crippen molar-refractivity contribution >= 4 is 28.6 Å². The minimum atomic E-state index is 0.712. The van der Waals surface area contributed by atoms with Gasteiger partial charge in [0.05, 0.1) is 11.4 Å². The Morgan fingerprint density at radius 3 is 2.77 bits per heavy atom. The Kier molecular flexibility index (Phi) is 3.48. The van der Waals surface area contributed by atoms with Crippen LogP contribution >= 0.6 is 22.9 Å². The zero-order valence-electron chi connectivity index (χ0n) is 11.7. The standard InChI is InChI=1S/C17H13ClN2OS/c18-13-4-1-11(2-5-13)17-20-15(10-22-17)12-3-6-16-14(9-12)19-7-8-21-16/h1-6,9-10,19H,7-8H2. The predicted octanol–water partition coefficient (Wildman–Crippen LogP) is 4.93. The number of hydrogen-bond donors (Lipinski definition) is 1. The molecule has 0 amide bonds. The summed E-state index contributed by atoms with van der Waals surface area (Å²) in [4.78, 5) is 4.74. The minimum Gasteiger partial charge on any atom is -0.490 e. The van der Waals surface area contributed by atoms with E-state index in [2.05, 4.69) is 16.8 Å². The van der Waals surface area contributed by atoms with Gasteiger partial charge in [-0.3, -0.25) is 0 Å². The Morgan fingerprint density at radius 2 is 1.91 bits per heavy atom. The van der Waals surface area contributed by atoms with Crippen molar-refractivity contribution in [1.29, 1.82) is 0 Å². The highest BCUT2D eigenvalue weighted by atomic mass is 35.5. The van der Waals surface area contributed by atoms with Crippen molar-refractivity contribution < 1.29 is 4.74 Å². The van der Waals surface area contributed by atoms with Gasteiger partial charge in [-0.2, -0.15) is 0 Å². The maximum Gasteiger partial charge on any atom is 0.142 e. The summed E-state index contributed by atoms with van der Waals surface area (Å²) in [5.41, 5.74) is 4.18. The van der Waals surface area contributed by atoms with Crippen LogP contribution in [-0.2, 0) is 0 Å². The van der Waals surface area contributed by atoms with Gasteiger partial charge >= 0.3 is 0 Å². The second-order valence-corrected chi connectivity index (χ2v) is 6.33. The lowest BCUT2D eigenvalue weighted by Crippen LogP contribution is -2.17. The molecule has 22 heavy (non-hydrogen) atoms. The van der Waals surface area contributed by atoms with Gasteiger partial charge in [0.1, 0.15) is 17.4 Å².